The monoisotopic (exact) mass is 398 g/mol. The quantitative estimate of drug-likeness (QED) is 0.360. The number of hydrogen-bond donors (Lipinski definition) is 2. The molecule has 0 unspecified atom stereocenters. The first-order valence-corrected chi connectivity index (χ1v) is 7.47. The normalized spacial score (nSPS) is 9.47. The molecule has 0 rings (SSSR count). The minimum absolute atomic E-state index is 0. The summed E-state index contributed by atoms with van der Waals surface area (Å²) in [7, 11) is -16.3. The van der Waals surface area contributed by atoms with E-state index in [1.165, 1.54) is 0 Å². The van der Waals surface area contributed by atoms with Crippen LogP contribution in [0.5, 0.6) is 0 Å². The summed E-state index contributed by atoms with van der Waals surface area (Å²) in [6.07, 6.45) is 0. The summed E-state index contributed by atoms with van der Waals surface area (Å²) in [6.45, 7) is 0. The van der Waals surface area contributed by atoms with Crippen LogP contribution in [0.4, 0.5) is 0 Å². The van der Waals surface area contributed by atoms with Gasteiger partial charge in [0.05, 0.1) is 0 Å². The van der Waals surface area contributed by atoms with Crippen molar-refractivity contribution in [2.75, 3.05) is 0 Å². The molecule has 0 saturated carbocycles. The Morgan fingerprint density at radius 2 is 0.474 bits per heavy atom. The summed E-state index contributed by atoms with van der Waals surface area (Å²) >= 11 is 0. The molecule has 0 aliphatic heterocycles. The molecule has 0 aromatic carbocycles. The van der Waals surface area contributed by atoms with Gasteiger partial charge < -0.3 is 75.6 Å². The second-order valence-corrected chi connectivity index (χ2v) is 4.65. The summed E-state index contributed by atoms with van der Waals surface area (Å²) in [4.78, 5) is 100. The molecule has 0 saturated heterocycles. The van der Waals surface area contributed by atoms with E-state index in [0.29, 0.717) is 0 Å². The Hall–Kier alpha value is 3.40. The smallest absolute Gasteiger partial charge is 0.894 e. The van der Waals surface area contributed by atoms with Gasteiger partial charge in [-0.05, 0) is 0 Å². The summed E-state index contributed by atoms with van der Waals surface area (Å²) in [6, 6.07) is 0. The first-order chi connectivity index (χ1) is 6.00. The van der Waals surface area contributed by atoms with Crippen LogP contribution in [0.1, 0.15) is 0 Å². The Bertz CT molecular complexity index is 103. The van der Waals surface area contributed by atoms with E-state index >= 15 is 0 Å². The molecule has 9 radical (unpaired) electrons. The first kappa shape index (κ1) is 43.3. The van der Waals surface area contributed by atoms with Gasteiger partial charge in [0.15, 0.2) is 0 Å². The molecule has 0 aromatic heterocycles. The van der Waals surface area contributed by atoms with Crippen molar-refractivity contribution >= 4 is 79.2 Å². The standard InChI is InChI=1S/3Al.K.H2O4Si.2O4Si/c;;;;3*1-5(2,3)4/h;;;;1-2H;;/q;;;+1;-2;2*-4. The second-order valence-electron chi connectivity index (χ2n) is 1.55. The molecule has 0 atom stereocenters. The zero-order valence-electron chi connectivity index (χ0n) is 9.21. The van der Waals surface area contributed by atoms with Gasteiger partial charge in [-0.1, -0.05) is 0 Å². The van der Waals surface area contributed by atoms with Gasteiger partial charge in [-0.3, -0.25) is 0 Å². The largest absolute Gasteiger partial charge is 1.00 e. The molecule has 0 aliphatic carbocycles. The minimum atomic E-state index is -5.61. The van der Waals surface area contributed by atoms with Crippen LogP contribution in [-0.2, 0) is 0 Å². The van der Waals surface area contributed by atoms with E-state index in [2.05, 4.69) is 0 Å². The van der Waals surface area contributed by atoms with Crippen molar-refractivity contribution in [1.29, 1.82) is 0 Å². The van der Waals surface area contributed by atoms with Gasteiger partial charge in [-0.15, -0.1) is 0 Å². The van der Waals surface area contributed by atoms with Crippen molar-refractivity contribution in [3.63, 3.8) is 0 Å². The molecule has 19 heavy (non-hydrogen) atoms. The Balaban J connectivity index is -0.0000000206. The maximum atomic E-state index is 8.80. The average molecular weight is 398 g/mol. The van der Waals surface area contributed by atoms with Gasteiger partial charge in [-0.2, -0.15) is 0 Å². The van der Waals surface area contributed by atoms with Crippen molar-refractivity contribution < 1.29 is 109 Å². The van der Waals surface area contributed by atoms with Crippen molar-refractivity contribution in [2.24, 2.45) is 0 Å². The van der Waals surface area contributed by atoms with E-state index in [1.54, 1.807) is 0 Å². The zero-order valence-corrected chi connectivity index (χ0v) is 18.8. The molecule has 12 nitrogen and oxygen atoms in total. The van der Waals surface area contributed by atoms with Crippen LogP contribution in [0.15, 0.2) is 0 Å². The van der Waals surface area contributed by atoms with Crippen molar-refractivity contribution in [3.05, 3.63) is 0 Å². The van der Waals surface area contributed by atoms with Gasteiger partial charge >= 0.3 is 51.4 Å². The molecule has 105 valence electrons. The fraction of sp³-hybridized carbons (Fsp3) is 0. The number of hydrogen-bond acceptors (Lipinski definition) is 12. The van der Waals surface area contributed by atoms with Crippen LogP contribution in [0, 0.1) is 0 Å². The molecular weight excluding hydrogens is 396 g/mol. The predicted molar refractivity (Wildman–Crippen MR) is 39.0 cm³/mol. The molecule has 19 heteroatoms. The maximum Gasteiger partial charge on any atom is 1.00 e. The molecule has 0 amide bonds. The Morgan fingerprint density at radius 3 is 0.474 bits per heavy atom. The van der Waals surface area contributed by atoms with Crippen molar-refractivity contribution in [3.8, 4) is 0 Å². The topological polar surface area (TPSA) is 271 Å². The molecular formula is H2Al3KO12Si3-9. The van der Waals surface area contributed by atoms with Crippen LogP contribution in [0.3, 0.4) is 0 Å². The molecule has 0 aliphatic rings. The average Bonchev–Trinajstić information content (AvgIpc) is 1.41. The Labute approximate surface area is 185 Å². The van der Waals surface area contributed by atoms with E-state index in [0.717, 1.165) is 0 Å². The fourth-order valence-corrected chi connectivity index (χ4v) is 0. The first-order valence-electron chi connectivity index (χ1n) is 2.49. The summed E-state index contributed by atoms with van der Waals surface area (Å²) in [5.74, 6) is 0. The van der Waals surface area contributed by atoms with Gasteiger partial charge in [0.2, 0.25) is 0 Å². The van der Waals surface area contributed by atoms with Crippen molar-refractivity contribution in [1.82, 2.24) is 0 Å². The van der Waals surface area contributed by atoms with Gasteiger partial charge in [-0.25, -0.2) is 0 Å². The summed E-state index contributed by atoms with van der Waals surface area (Å²) in [5.41, 5.74) is 0. The summed E-state index contributed by atoms with van der Waals surface area (Å²) in [5, 5.41) is 0. The van der Waals surface area contributed by atoms with E-state index in [-0.39, 0.29) is 103 Å². The van der Waals surface area contributed by atoms with Gasteiger partial charge in [0, 0.05) is 52.1 Å². The van der Waals surface area contributed by atoms with E-state index in [1.807, 2.05) is 0 Å². The van der Waals surface area contributed by atoms with Gasteiger partial charge in [0.1, 0.15) is 9.05 Å². The molecule has 0 heterocycles. The molecule has 0 spiro atoms. The van der Waals surface area contributed by atoms with E-state index in [9.17, 15) is 0 Å². The van der Waals surface area contributed by atoms with Crippen LogP contribution in [0.25, 0.3) is 0 Å². The molecule has 0 bridgehead atoms. The van der Waals surface area contributed by atoms with E-state index in [4.69, 9.17) is 57.5 Å². The van der Waals surface area contributed by atoms with Gasteiger partial charge in [0.25, 0.3) is 0 Å². The minimum Gasteiger partial charge on any atom is -0.894 e. The third kappa shape index (κ3) is 695. The summed E-state index contributed by atoms with van der Waals surface area (Å²) < 4.78 is 0. The van der Waals surface area contributed by atoms with E-state index < -0.39 is 27.1 Å². The second kappa shape index (κ2) is 19.5. The van der Waals surface area contributed by atoms with Crippen LogP contribution < -0.4 is 99.3 Å². The van der Waals surface area contributed by atoms with Crippen LogP contribution in [0.2, 0.25) is 0 Å². The Morgan fingerprint density at radius 1 is 0.474 bits per heavy atom. The molecule has 2 N–H and O–H groups in total. The van der Waals surface area contributed by atoms with Crippen LogP contribution >= 0.6 is 0 Å². The third-order valence-electron chi connectivity index (χ3n) is 0. The molecule has 0 aromatic rings. The third-order valence-corrected chi connectivity index (χ3v) is 0. The zero-order chi connectivity index (χ0) is 13.5. The SMILES string of the molecule is [Al].[Al].[Al].[K+].[O-][Si]([O-])(O)O.[O-][Si]([O-])([O-])[O-].[O-][Si]([O-])([O-])[O-]. The maximum absolute atomic E-state index is 8.80. The van der Waals surface area contributed by atoms with Crippen molar-refractivity contribution in [2.45, 2.75) is 0 Å². The molecule has 0 fully saturated rings. The fourth-order valence-electron chi connectivity index (χ4n) is 0. The van der Waals surface area contributed by atoms with Crippen LogP contribution in [-0.4, -0.2) is 88.8 Å². The Kier molecular flexibility index (Phi) is 44.3. The number of rotatable bonds is 0. The predicted octanol–water partition coefficient (Wildman–Crippen LogP) is -18.3.